The standard InChI is InChI=1S/C9H16O6.C4H5NO2/c1-2-3-4-5-9(15,8(13)14)6(10)7(11)12;6-3-1-2-4(7)5-3/h6,10,15H,2-5H2,1H3,(H,11,12)(H,13,14);1-2H2,(H,5,6,7). The van der Waals surface area contributed by atoms with Gasteiger partial charge in [0, 0.05) is 12.8 Å². The number of carboxylic acid groups (broad SMARTS) is 2. The number of aliphatic hydroxyl groups excluding tert-OH is 1. The van der Waals surface area contributed by atoms with E-state index in [0.717, 1.165) is 6.42 Å². The monoisotopic (exact) mass is 319 g/mol. The summed E-state index contributed by atoms with van der Waals surface area (Å²) in [6.45, 7) is 1.88. The summed E-state index contributed by atoms with van der Waals surface area (Å²) in [6, 6.07) is 0. The Morgan fingerprint density at radius 1 is 1.18 bits per heavy atom. The van der Waals surface area contributed by atoms with E-state index >= 15 is 0 Å². The molecule has 1 rings (SSSR count). The zero-order valence-corrected chi connectivity index (χ0v) is 12.2. The lowest BCUT2D eigenvalue weighted by Crippen LogP contribution is -2.53. The minimum atomic E-state index is -2.60. The van der Waals surface area contributed by atoms with Crippen LogP contribution in [0.15, 0.2) is 0 Å². The highest BCUT2D eigenvalue weighted by atomic mass is 16.4. The Labute approximate surface area is 126 Å². The van der Waals surface area contributed by atoms with Gasteiger partial charge in [-0.15, -0.1) is 0 Å². The molecule has 0 spiro atoms. The highest BCUT2D eigenvalue weighted by molar-refractivity contribution is 6.01. The number of carbonyl (C=O) groups is 4. The van der Waals surface area contributed by atoms with Crippen molar-refractivity contribution in [2.45, 2.75) is 57.2 Å². The van der Waals surface area contributed by atoms with Crippen molar-refractivity contribution in [1.82, 2.24) is 5.32 Å². The van der Waals surface area contributed by atoms with Crippen molar-refractivity contribution in [3.8, 4) is 0 Å². The fraction of sp³-hybridized carbons (Fsp3) is 0.692. The second-order valence-corrected chi connectivity index (χ2v) is 4.90. The molecule has 1 saturated heterocycles. The molecule has 1 fully saturated rings. The topological polar surface area (TPSA) is 161 Å². The van der Waals surface area contributed by atoms with Gasteiger partial charge in [-0.1, -0.05) is 19.8 Å². The summed E-state index contributed by atoms with van der Waals surface area (Å²) in [6.07, 6.45) is -0.00184. The van der Waals surface area contributed by atoms with E-state index in [9.17, 15) is 24.3 Å². The maximum atomic E-state index is 10.7. The molecule has 1 aliphatic rings. The minimum absolute atomic E-state index is 0.148. The van der Waals surface area contributed by atoms with Gasteiger partial charge in [0.15, 0.2) is 11.7 Å². The number of rotatable bonds is 7. The molecule has 9 nitrogen and oxygen atoms in total. The smallest absolute Gasteiger partial charge is 0.339 e. The van der Waals surface area contributed by atoms with Crippen LogP contribution in [0, 0.1) is 0 Å². The normalized spacial score (nSPS) is 17.8. The molecule has 1 aliphatic heterocycles. The van der Waals surface area contributed by atoms with Crippen molar-refractivity contribution in [1.29, 1.82) is 0 Å². The molecule has 0 radical (unpaired) electrons. The van der Waals surface area contributed by atoms with Gasteiger partial charge < -0.3 is 20.4 Å². The Balaban J connectivity index is 0.000000518. The number of unbranched alkanes of at least 4 members (excludes halogenated alkanes) is 2. The van der Waals surface area contributed by atoms with Crippen LogP contribution in [0.2, 0.25) is 0 Å². The molecule has 0 saturated carbocycles. The fourth-order valence-corrected chi connectivity index (χ4v) is 1.72. The Kier molecular flexibility index (Phi) is 8.28. The van der Waals surface area contributed by atoms with Crippen LogP contribution in [0.5, 0.6) is 0 Å². The first-order valence-corrected chi connectivity index (χ1v) is 6.84. The van der Waals surface area contributed by atoms with Crippen LogP contribution in [0.25, 0.3) is 0 Å². The molecule has 126 valence electrons. The lowest BCUT2D eigenvalue weighted by molar-refractivity contribution is -0.184. The summed E-state index contributed by atoms with van der Waals surface area (Å²) in [5, 5.41) is 37.9. The second-order valence-electron chi connectivity index (χ2n) is 4.90. The van der Waals surface area contributed by atoms with Crippen LogP contribution in [-0.2, 0) is 19.2 Å². The Bertz CT molecular complexity index is 422. The molecule has 9 heteroatoms. The molecule has 0 aromatic rings. The number of imide groups is 1. The van der Waals surface area contributed by atoms with E-state index in [1.807, 2.05) is 6.92 Å². The van der Waals surface area contributed by atoms with Crippen molar-refractivity contribution in [3.63, 3.8) is 0 Å². The minimum Gasteiger partial charge on any atom is -0.479 e. The van der Waals surface area contributed by atoms with E-state index in [-0.39, 0.29) is 18.2 Å². The summed E-state index contributed by atoms with van der Waals surface area (Å²) in [5.41, 5.74) is -2.60. The van der Waals surface area contributed by atoms with E-state index in [2.05, 4.69) is 5.32 Å². The van der Waals surface area contributed by atoms with Gasteiger partial charge in [0.25, 0.3) is 0 Å². The van der Waals surface area contributed by atoms with Gasteiger partial charge in [0.05, 0.1) is 0 Å². The van der Waals surface area contributed by atoms with Crippen LogP contribution in [0.4, 0.5) is 0 Å². The van der Waals surface area contributed by atoms with E-state index in [0.29, 0.717) is 25.7 Å². The predicted octanol–water partition coefficient (Wildman–Crippen LogP) is -0.749. The molecule has 5 N–H and O–H groups in total. The van der Waals surface area contributed by atoms with E-state index in [4.69, 9.17) is 15.3 Å². The molecule has 2 atom stereocenters. The summed E-state index contributed by atoms with van der Waals surface area (Å²) in [5.74, 6) is -3.75. The molecule has 0 aromatic carbocycles. The average Bonchev–Trinajstić information content (AvgIpc) is 2.81. The Morgan fingerprint density at radius 2 is 1.68 bits per heavy atom. The summed E-state index contributed by atoms with van der Waals surface area (Å²) >= 11 is 0. The third kappa shape index (κ3) is 6.19. The van der Waals surface area contributed by atoms with Gasteiger partial charge >= 0.3 is 11.9 Å². The maximum absolute atomic E-state index is 10.7. The largest absolute Gasteiger partial charge is 0.479 e. The lowest BCUT2D eigenvalue weighted by atomic mass is 9.90. The fourth-order valence-electron chi connectivity index (χ4n) is 1.72. The average molecular weight is 319 g/mol. The van der Waals surface area contributed by atoms with Crippen LogP contribution < -0.4 is 5.32 Å². The number of aliphatic hydroxyl groups is 2. The Morgan fingerprint density at radius 3 is 1.95 bits per heavy atom. The molecule has 2 amide bonds. The quantitative estimate of drug-likeness (QED) is 0.302. The first-order valence-electron chi connectivity index (χ1n) is 6.84. The van der Waals surface area contributed by atoms with Gasteiger partial charge in [-0.25, -0.2) is 9.59 Å². The molecular weight excluding hydrogens is 298 g/mol. The number of amides is 2. The number of aliphatic carboxylic acids is 2. The summed E-state index contributed by atoms with van der Waals surface area (Å²) < 4.78 is 0. The molecule has 0 aliphatic carbocycles. The van der Waals surface area contributed by atoms with Gasteiger partial charge in [0.2, 0.25) is 11.8 Å². The van der Waals surface area contributed by atoms with Crippen LogP contribution >= 0.6 is 0 Å². The van der Waals surface area contributed by atoms with Gasteiger partial charge in [-0.2, -0.15) is 0 Å². The van der Waals surface area contributed by atoms with Gasteiger partial charge in [-0.3, -0.25) is 14.9 Å². The van der Waals surface area contributed by atoms with Gasteiger partial charge in [0.1, 0.15) is 0 Å². The molecular formula is C13H21NO8. The number of nitrogens with one attached hydrogen (secondary N) is 1. The number of carboxylic acids is 2. The third-order valence-corrected chi connectivity index (χ3v) is 3.08. The molecule has 0 aromatic heterocycles. The van der Waals surface area contributed by atoms with Crippen molar-refractivity contribution in [2.75, 3.05) is 0 Å². The Hall–Kier alpha value is -2.00. The second kappa shape index (κ2) is 9.11. The van der Waals surface area contributed by atoms with Crippen LogP contribution in [0.1, 0.15) is 45.4 Å². The van der Waals surface area contributed by atoms with Crippen molar-refractivity contribution in [3.05, 3.63) is 0 Å². The van der Waals surface area contributed by atoms with E-state index in [1.54, 1.807) is 0 Å². The summed E-state index contributed by atoms with van der Waals surface area (Å²) in [7, 11) is 0. The lowest BCUT2D eigenvalue weighted by Gasteiger charge is -2.25. The molecule has 0 bridgehead atoms. The van der Waals surface area contributed by atoms with E-state index in [1.165, 1.54) is 0 Å². The van der Waals surface area contributed by atoms with Crippen molar-refractivity contribution in [2.24, 2.45) is 0 Å². The van der Waals surface area contributed by atoms with Crippen LogP contribution in [-0.4, -0.2) is 55.9 Å². The van der Waals surface area contributed by atoms with Crippen molar-refractivity contribution >= 4 is 23.8 Å². The number of hydrogen-bond donors (Lipinski definition) is 5. The first-order chi connectivity index (χ1) is 10.1. The zero-order chi connectivity index (χ0) is 17.3. The van der Waals surface area contributed by atoms with Crippen LogP contribution in [0.3, 0.4) is 0 Å². The molecule has 22 heavy (non-hydrogen) atoms. The molecule has 1 heterocycles. The number of carbonyl (C=O) groups excluding carboxylic acids is 2. The molecule has 2 unspecified atom stereocenters. The highest BCUT2D eigenvalue weighted by Gasteiger charge is 2.47. The summed E-state index contributed by atoms with van der Waals surface area (Å²) in [4.78, 5) is 41.3. The highest BCUT2D eigenvalue weighted by Crippen LogP contribution is 2.20. The number of hydrogen-bond acceptors (Lipinski definition) is 6. The predicted molar refractivity (Wildman–Crippen MR) is 72.8 cm³/mol. The maximum Gasteiger partial charge on any atom is 0.339 e. The third-order valence-electron chi connectivity index (χ3n) is 3.08. The SMILES string of the molecule is CCCCCC(O)(C(=O)O)C(O)C(=O)O.O=C1CCC(=O)N1. The first kappa shape index (κ1) is 20.0. The van der Waals surface area contributed by atoms with Crippen molar-refractivity contribution < 1.29 is 39.6 Å². The van der Waals surface area contributed by atoms with E-state index < -0.39 is 23.6 Å². The van der Waals surface area contributed by atoms with Gasteiger partial charge in [-0.05, 0) is 12.8 Å². The zero-order valence-electron chi connectivity index (χ0n) is 12.2.